The lowest BCUT2D eigenvalue weighted by atomic mass is 10.0. The zero-order valence-corrected chi connectivity index (χ0v) is 12.9. The van der Waals surface area contributed by atoms with E-state index in [0.29, 0.717) is 5.88 Å². The minimum atomic E-state index is 0.580. The van der Waals surface area contributed by atoms with Gasteiger partial charge in [0.15, 0.2) is 0 Å². The molecule has 106 valence electrons. The number of halogens is 1. The Kier molecular flexibility index (Phi) is 5.50. The van der Waals surface area contributed by atoms with Crippen molar-refractivity contribution in [1.29, 1.82) is 0 Å². The minimum absolute atomic E-state index is 0.580. The molecule has 19 heavy (non-hydrogen) atoms. The van der Waals surface area contributed by atoms with Gasteiger partial charge in [-0.1, -0.05) is 20.3 Å². The van der Waals surface area contributed by atoms with Gasteiger partial charge in [-0.25, -0.2) is 4.98 Å². The molecule has 0 bridgehead atoms. The molecule has 1 saturated heterocycles. The summed E-state index contributed by atoms with van der Waals surface area (Å²) in [6, 6.07) is 4.32. The molecule has 0 aliphatic carbocycles. The van der Waals surface area contributed by atoms with E-state index in [4.69, 9.17) is 16.6 Å². The fourth-order valence-electron chi connectivity index (χ4n) is 2.75. The number of hydrogen-bond donors (Lipinski definition) is 0. The number of anilines is 1. The van der Waals surface area contributed by atoms with Crippen LogP contribution in [0.4, 0.5) is 5.82 Å². The van der Waals surface area contributed by atoms with Gasteiger partial charge in [-0.2, -0.15) is 0 Å². The number of rotatable bonds is 4. The Balaban J connectivity index is 2.19. The van der Waals surface area contributed by atoms with Crippen molar-refractivity contribution in [3.05, 3.63) is 23.4 Å². The molecule has 3 heteroatoms. The molecule has 0 N–H and O–H groups in total. The Morgan fingerprint density at radius 3 is 2.89 bits per heavy atom. The smallest absolute Gasteiger partial charge is 0.129 e. The Morgan fingerprint density at radius 2 is 2.16 bits per heavy atom. The van der Waals surface area contributed by atoms with Gasteiger partial charge in [0.25, 0.3) is 0 Å². The lowest BCUT2D eigenvalue weighted by Crippen LogP contribution is -2.25. The van der Waals surface area contributed by atoms with Crippen LogP contribution in [0.1, 0.15) is 50.8 Å². The monoisotopic (exact) mass is 280 g/mol. The number of pyridine rings is 1. The third kappa shape index (κ3) is 4.10. The zero-order chi connectivity index (χ0) is 13.7. The van der Waals surface area contributed by atoms with Crippen molar-refractivity contribution in [1.82, 2.24) is 4.98 Å². The fourth-order valence-corrected chi connectivity index (χ4v) is 2.90. The van der Waals surface area contributed by atoms with Crippen molar-refractivity contribution in [3.63, 3.8) is 0 Å². The SMILES string of the molecule is CCCc1cc(CCl)cc(N2CCCC(C)CC2)n1. The van der Waals surface area contributed by atoms with E-state index in [2.05, 4.69) is 30.9 Å². The average molecular weight is 281 g/mol. The summed E-state index contributed by atoms with van der Waals surface area (Å²) in [5, 5.41) is 0. The average Bonchev–Trinajstić information content (AvgIpc) is 2.63. The molecule has 1 aromatic heterocycles. The lowest BCUT2D eigenvalue weighted by molar-refractivity contribution is 0.521. The molecule has 0 spiro atoms. The fraction of sp³-hybridized carbons (Fsp3) is 0.688. The van der Waals surface area contributed by atoms with E-state index in [1.807, 2.05) is 0 Å². The van der Waals surface area contributed by atoms with Crippen LogP contribution in [0, 0.1) is 5.92 Å². The molecule has 1 unspecified atom stereocenters. The number of hydrogen-bond acceptors (Lipinski definition) is 2. The summed E-state index contributed by atoms with van der Waals surface area (Å²) in [5.74, 6) is 2.56. The standard InChI is InChI=1S/C16H25ClN2/c1-3-5-15-10-14(12-17)11-16(18-15)19-8-4-6-13(2)7-9-19/h10-11,13H,3-9,12H2,1-2H3. The highest BCUT2D eigenvalue weighted by Crippen LogP contribution is 2.23. The van der Waals surface area contributed by atoms with Crippen LogP contribution in [0.25, 0.3) is 0 Å². The van der Waals surface area contributed by atoms with Crippen LogP contribution in [-0.2, 0) is 12.3 Å². The Labute approximate surface area is 122 Å². The lowest BCUT2D eigenvalue weighted by Gasteiger charge is -2.23. The molecule has 2 heterocycles. The first-order valence-corrected chi connectivity index (χ1v) is 8.07. The maximum atomic E-state index is 6.02. The van der Waals surface area contributed by atoms with Gasteiger partial charge in [-0.15, -0.1) is 11.6 Å². The molecular weight excluding hydrogens is 256 g/mol. The van der Waals surface area contributed by atoms with Crippen molar-refractivity contribution >= 4 is 17.4 Å². The van der Waals surface area contributed by atoms with Crippen LogP contribution >= 0.6 is 11.6 Å². The first-order chi connectivity index (χ1) is 9.22. The summed E-state index contributed by atoms with van der Waals surface area (Å²) < 4.78 is 0. The van der Waals surface area contributed by atoms with Crippen molar-refractivity contribution in [3.8, 4) is 0 Å². The van der Waals surface area contributed by atoms with E-state index in [1.54, 1.807) is 0 Å². The molecular formula is C16H25ClN2. The summed E-state index contributed by atoms with van der Waals surface area (Å²) in [6.07, 6.45) is 6.07. The molecule has 0 amide bonds. The number of aryl methyl sites for hydroxylation is 1. The molecule has 0 aromatic carbocycles. The van der Waals surface area contributed by atoms with Gasteiger partial charge in [0.05, 0.1) is 0 Å². The highest BCUT2D eigenvalue weighted by atomic mass is 35.5. The molecule has 2 rings (SSSR count). The second-order valence-corrected chi connectivity index (χ2v) is 6.00. The summed E-state index contributed by atoms with van der Waals surface area (Å²) in [5.41, 5.74) is 2.39. The van der Waals surface area contributed by atoms with Gasteiger partial charge in [0.1, 0.15) is 5.82 Å². The van der Waals surface area contributed by atoms with Crippen molar-refractivity contribution < 1.29 is 0 Å². The largest absolute Gasteiger partial charge is 0.357 e. The maximum absolute atomic E-state index is 6.02. The zero-order valence-electron chi connectivity index (χ0n) is 12.2. The predicted molar refractivity (Wildman–Crippen MR) is 83.0 cm³/mol. The quantitative estimate of drug-likeness (QED) is 0.760. The van der Waals surface area contributed by atoms with Crippen LogP contribution in [0.5, 0.6) is 0 Å². The molecule has 1 aliphatic heterocycles. The normalized spacial score (nSPS) is 20.4. The van der Waals surface area contributed by atoms with Crippen LogP contribution in [-0.4, -0.2) is 18.1 Å². The third-order valence-corrected chi connectivity index (χ3v) is 4.23. The molecule has 0 radical (unpaired) electrons. The van der Waals surface area contributed by atoms with Crippen LogP contribution in [0.2, 0.25) is 0 Å². The molecule has 0 saturated carbocycles. The van der Waals surface area contributed by atoms with E-state index >= 15 is 0 Å². The third-order valence-electron chi connectivity index (χ3n) is 3.93. The Morgan fingerprint density at radius 1 is 1.32 bits per heavy atom. The molecule has 1 aromatic rings. The summed E-state index contributed by atoms with van der Waals surface area (Å²) in [4.78, 5) is 7.27. The first-order valence-electron chi connectivity index (χ1n) is 7.53. The van der Waals surface area contributed by atoms with E-state index in [-0.39, 0.29) is 0 Å². The van der Waals surface area contributed by atoms with Gasteiger partial charge in [0, 0.05) is 24.7 Å². The van der Waals surface area contributed by atoms with Gasteiger partial charge in [0.2, 0.25) is 0 Å². The van der Waals surface area contributed by atoms with Crippen molar-refractivity contribution in [2.24, 2.45) is 5.92 Å². The van der Waals surface area contributed by atoms with E-state index in [1.165, 1.54) is 30.5 Å². The molecule has 2 nitrogen and oxygen atoms in total. The predicted octanol–water partition coefficient (Wildman–Crippen LogP) is 4.40. The second kappa shape index (κ2) is 7.14. The summed E-state index contributed by atoms with van der Waals surface area (Å²) in [7, 11) is 0. The number of alkyl halides is 1. The van der Waals surface area contributed by atoms with Gasteiger partial charge in [-0.05, 0) is 49.3 Å². The number of nitrogens with zero attached hydrogens (tertiary/aromatic N) is 2. The Hall–Kier alpha value is -0.760. The number of aromatic nitrogens is 1. The van der Waals surface area contributed by atoms with E-state index < -0.39 is 0 Å². The van der Waals surface area contributed by atoms with Gasteiger partial charge >= 0.3 is 0 Å². The highest BCUT2D eigenvalue weighted by molar-refractivity contribution is 6.17. The maximum Gasteiger partial charge on any atom is 0.129 e. The van der Waals surface area contributed by atoms with Crippen LogP contribution in [0.3, 0.4) is 0 Å². The topological polar surface area (TPSA) is 16.1 Å². The highest BCUT2D eigenvalue weighted by Gasteiger charge is 2.16. The molecule has 1 atom stereocenters. The van der Waals surface area contributed by atoms with Crippen LogP contribution < -0.4 is 4.90 Å². The van der Waals surface area contributed by atoms with E-state index in [0.717, 1.165) is 37.7 Å². The van der Waals surface area contributed by atoms with Gasteiger partial charge in [-0.3, -0.25) is 0 Å². The summed E-state index contributed by atoms with van der Waals surface area (Å²) in [6.45, 7) is 6.82. The first kappa shape index (κ1) is 14.6. The molecule has 1 aliphatic rings. The van der Waals surface area contributed by atoms with Crippen molar-refractivity contribution in [2.75, 3.05) is 18.0 Å². The van der Waals surface area contributed by atoms with Crippen LogP contribution in [0.15, 0.2) is 12.1 Å². The van der Waals surface area contributed by atoms with E-state index in [9.17, 15) is 0 Å². The minimum Gasteiger partial charge on any atom is -0.357 e. The molecule has 1 fully saturated rings. The summed E-state index contributed by atoms with van der Waals surface area (Å²) >= 11 is 6.02. The second-order valence-electron chi connectivity index (χ2n) is 5.73. The van der Waals surface area contributed by atoms with Gasteiger partial charge < -0.3 is 4.90 Å². The van der Waals surface area contributed by atoms with Crippen molar-refractivity contribution in [2.45, 2.75) is 51.8 Å². The Bertz CT molecular complexity index is 406.